The van der Waals surface area contributed by atoms with Crippen molar-refractivity contribution < 1.29 is 29.1 Å². The molecule has 0 saturated carbocycles. The molecule has 2 aliphatic heterocycles. The number of hydrogen-bond acceptors (Lipinski definition) is 8. The van der Waals surface area contributed by atoms with Gasteiger partial charge in [0.15, 0.2) is 0 Å². The van der Waals surface area contributed by atoms with E-state index in [1.807, 2.05) is 31.2 Å². The number of carboxylic acid groups (broad SMARTS) is 1. The predicted molar refractivity (Wildman–Crippen MR) is 160 cm³/mol. The molecule has 43 heavy (non-hydrogen) atoms. The highest BCUT2D eigenvalue weighted by Gasteiger charge is 2.40. The van der Waals surface area contributed by atoms with Gasteiger partial charge in [-0.2, -0.15) is 4.91 Å². The van der Waals surface area contributed by atoms with Gasteiger partial charge in [-0.15, -0.1) is 11.8 Å². The highest BCUT2D eigenvalue weighted by Crippen LogP contribution is 2.31. The molecule has 0 bridgehead atoms. The second-order valence-corrected chi connectivity index (χ2v) is 12.1. The third-order valence-corrected chi connectivity index (χ3v) is 9.19. The predicted octanol–water partition coefficient (Wildman–Crippen LogP) is 1.94. The third-order valence-electron chi connectivity index (χ3n) is 8.15. The number of aromatic amines is 1. The van der Waals surface area contributed by atoms with Crippen molar-refractivity contribution in [3.63, 3.8) is 0 Å². The molecule has 14 heteroatoms. The summed E-state index contributed by atoms with van der Waals surface area (Å²) in [6.07, 6.45) is 1.44. The van der Waals surface area contributed by atoms with Crippen LogP contribution in [0, 0.1) is 10.8 Å². The molecule has 232 valence electrons. The number of benzene rings is 1. The van der Waals surface area contributed by atoms with Crippen LogP contribution < -0.4 is 16.0 Å². The van der Waals surface area contributed by atoms with Crippen LogP contribution in [-0.2, 0) is 30.4 Å². The van der Waals surface area contributed by atoms with E-state index in [9.17, 15) is 34.0 Å². The van der Waals surface area contributed by atoms with Crippen LogP contribution in [0.1, 0.15) is 51.5 Å². The number of thioether (sulfide) groups is 1. The number of nitrogens with zero attached hydrogens (tertiary/aromatic N) is 2. The van der Waals surface area contributed by atoms with E-state index in [4.69, 9.17) is 0 Å². The molecule has 1 aromatic heterocycles. The Morgan fingerprint density at radius 2 is 1.91 bits per heavy atom. The van der Waals surface area contributed by atoms with Crippen molar-refractivity contribution in [3.8, 4) is 0 Å². The molecule has 1 fully saturated rings. The Bertz CT molecular complexity index is 1380. The van der Waals surface area contributed by atoms with Crippen LogP contribution in [0.25, 0.3) is 10.9 Å². The van der Waals surface area contributed by atoms with Gasteiger partial charge in [-0.25, -0.2) is 4.79 Å². The van der Waals surface area contributed by atoms with Gasteiger partial charge in [0, 0.05) is 36.0 Å². The summed E-state index contributed by atoms with van der Waals surface area (Å²) in [6.45, 7) is 3.74. The molecule has 5 atom stereocenters. The van der Waals surface area contributed by atoms with Crippen LogP contribution in [0.15, 0.2) is 34.5 Å². The zero-order valence-electron chi connectivity index (χ0n) is 24.3. The molecule has 1 aromatic carbocycles. The van der Waals surface area contributed by atoms with Crippen LogP contribution in [0.5, 0.6) is 0 Å². The van der Waals surface area contributed by atoms with Gasteiger partial charge in [-0.3, -0.25) is 19.2 Å². The standard InChI is InChI=1S/C29H38N6O7S/c1-3-16(2)24-26(38)32-21(29(40)41)15-18-17-7-4-5-8-19(17)33-27(18)43-14-11-23(36)31-20(10-12-30-42)28(39)35-13-6-9-22(35)25(37)34-24/h4-5,7-8,16,20-22,24,33H,3,6,9-15H2,1-2H3,(H,31,36)(H,32,38)(H,34,37)(H,40,41)/t16-,20-,21-,22-,24?/m0/s1. The van der Waals surface area contributed by atoms with E-state index in [0.717, 1.165) is 10.9 Å². The van der Waals surface area contributed by atoms with E-state index in [1.54, 1.807) is 6.92 Å². The molecular formula is C29H38N6O7S. The smallest absolute Gasteiger partial charge is 0.326 e. The molecular weight excluding hydrogens is 576 g/mol. The summed E-state index contributed by atoms with van der Waals surface area (Å²) in [5.74, 6) is -3.29. The first-order chi connectivity index (χ1) is 20.6. The lowest BCUT2D eigenvalue weighted by Crippen LogP contribution is -2.59. The zero-order chi connectivity index (χ0) is 31.1. The average molecular weight is 615 g/mol. The van der Waals surface area contributed by atoms with Gasteiger partial charge >= 0.3 is 5.97 Å². The van der Waals surface area contributed by atoms with Crippen LogP contribution in [-0.4, -0.2) is 87.6 Å². The first kappa shape index (κ1) is 32.0. The third kappa shape index (κ3) is 7.53. The maximum atomic E-state index is 13.6. The quantitative estimate of drug-likeness (QED) is 0.305. The molecule has 0 aliphatic carbocycles. The molecule has 3 heterocycles. The van der Waals surface area contributed by atoms with Crippen molar-refractivity contribution in [1.82, 2.24) is 25.8 Å². The van der Waals surface area contributed by atoms with E-state index in [0.29, 0.717) is 35.6 Å². The number of nitroso groups, excluding NO2 is 1. The first-order valence-corrected chi connectivity index (χ1v) is 15.6. The molecule has 1 unspecified atom stereocenters. The van der Waals surface area contributed by atoms with E-state index < -0.39 is 53.8 Å². The van der Waals surface area contributed by atoms with Crippen molar-refractivity contribution in [2.24, 2.45) is 11.1 Å². The minimum atomic E-state index is -1.28. The molecule has 0 spiro atoms. The van der Waals surface area contributed by atoms with Gasteiger partial charge in [0.05, 0.1) is 11.6 Å². The maximum absolute atomic E-state index is 13.6. The number of rotatable bonds is 6. The topological polar surface area (TPSA) is 190 Å². The number of amides is 4. The molecule has 13 nitrogen and oxygen atoms in total. The van der Waals surface area contributed by atoms with Crippen LogP contribution in [0.4, 0.5) is 0 Å². The van der Waals surface area contributed by atoms with E-state index in [-0.39, 0.29) is 38.3 Å². The number of aliphatic carboxylic acids is 1. The molecule has 2 aliphatic rings. The Kier molecular flexibility index (Phi) is 10.8. The number of carbonyl (C=O) groups excluding carboxylic acids is 4. The summed E-state index contributed by atoms with van der Waals surface area (Å²) in [5, 5.41) is 22.6. The van der Waals surface area contributed by atoms with Crippen molar-refractivity contribution >= 4 is 52.3 Å². The highest BCUT2D eigenvalue weighted by atomic mass is 32.2. The number of H-pyrrole nitrogens is 1. The Morgan fingerprint density at radius 3 is 2.63 bits per heavy atom. The van der Waals surface area contributed by atoms with Gasteiger partial charge in [0.25, 0.3) is 0 Å². The maximum Gasteiger partial charge on any atom is 0.326 e. The van der Waals surface area contributed by atoms with Crippen molar-refractivity contribution in [2.75, 3.05) is 18.8 Å². The monoisotopic (exact) mass is 614 g/mol. The number of hydrogen-bond donors (Lipinski definition) is 5. The molecule has 4 amide bonds. The number of aromatic nitrogens is 1. The summed E-state index contributed by atoms with van der Waals surface area (Å²) in [6, 6.07) is 3.16. The Labute approximate surface area is 253 Å². The largest absolute Gasteiger partial charge is 0.480 e. The number of para-hydroxylation sites is 1. The van der Waals surface area contributed by atoms with Crippen LogP contribution in [0.2, 0.25) is 0 Å². The van der Waals surface area contributed by atoms with E-state index >= 15 is 0 Å². The minimum Gasteiger partial charge on any atom is -0.480 e. The van der Waals surface area contributed by atoms with Crippen molar-refractivity contribution in [3.05, 3.63) is 34.7 Å². The molecule has 1 saturated heterocycles. The van der Waals surface area contributed by atoms with Gasteiger partial charge in [-0.1, -0.05) is 43.6 Å². The minimum absolute atomic E-state index is 0.00724. The summed E-state index contributed by atoms with van der Waals surface area (Å²) in [4.78, 5) is 81.6. The second kappa shape index (κ2) is 14.5. The van der Waals surface area contributed by atoms with E-state index in [1.165, 1.54) is 16.7 Å². The van der Waals surface area contributed by atoms with E-state index in [2.05, 4.69) is 26.1 Å². The Morgan fingerprint density at radius 1 is 1.14 bits per heavy atom. The lowest BCUT2D eigenvalue weighted by Gasteiger charge is -2.31. The highest BCUT2D eigenvalue weighted by molar-refractivity contribution is 7.99. The van der Waals surface area contributed by atoms with Crippen LogP contribution >= 0.6 is 11.8 Å². The molecule has 2 aromatic rings. The molecule has 5 N–H and O–H groups in total. The number of carboxylic acids is 1. The van der Waals surface area contributed by atoms with Gasteiger partial charge in [0.2, 0.25) is 23.6 Å². The summed E-state index contributed by atoms with van der Waals surface area (Å²) >= 11 is 1.34. The summed E-state index contributed by atoms with van der Waals surface area (Å²) < 4.78 is 0. The summed E-state index contributed by atoms with van der Waals surface area (Å²) in [7, 11) is 0. The Balaban J connectivity index is 1.72. The van der Waals surface area contributed by atoms with Crippen LogP contribution in [0.3, 0.4) is 0 Å². The fourth-order valence-electron chi connectivity index (χ4n) is 5.57. The lowest BCUT2D eigenvalue weighted by molar-refractivity contribution is -0.144. The average Bonchev–Trinajstić information content (AvgIpc) is 3.61. The molecule has 4 rings (SSSR count). The second-order valence-electron chi connectivity index (χ2n) is 11.0. The van der Waals surface area contributed by atoms with Gasteiger partial charge < -0.3 is 30.9 Å². The normalized spacial score (nSPS) is 25.0. The fourth-order valence-corrected chi connectivity index (χ4v) is 6.61. The number of carbonyl (C=O) groups is 5. The van der Waals surface area contributed by atoms with Gasteiger partial charge in [0.1, 0.15) is 24.2 Å². The first-order valence-electron chi connectivity index (χ1n) is 14.6. The lowest BCUT2D eigenvalue weighted by atomic mass is 9.96. The van der Waals surface area contributed by atoms with Crippen molar-refractivity contribution in [2.45, 2.75) is 81.6 Å². The Hall–Kier alpha value is -3.94. The SMILES string of the molecule is CC[C@H](C)C1NC(=O)[C@@H]2CCCN2C(=O)[C@H](CCN=O)NC(=O)CCSc2[nH]c3ccccc3c2C[C@@H](C(=O)O)NC1=O. The number of fused-ring (bicyclic) bond motifs is 4. The fraction of sp³-hybridized carbons (Fsp3) is 0.552. The summed E-state index contributed by atoms with van der Waals surface area (Å²) in [5.41, 5.74) is 1.47. The van der Waals surface area contributed by atoms with Gasteiger partial charge in [-0.05, 0) is 36.8 Å². The van der Waals surface area contributed by atoms with Crippen molar-refractivity contribution in [1.29, 1.82) is 0 Å². The zero-order valence-corrected chi connectivity index (χ0v) is 25.1. The number of nitrogens with one attached hydrogen (secondary N) is 4. The molecule has 0 radical (unpaired) electrons.